The van der Waals surface area contributed by atoms with Gasteiger partial charge in [0.2, 0.25) is 11.8 Å². The van der Waals surface area contributed by atoms with Crippen LogP contribution in [-0.2, 0) is 9.59 Å². The second-order valence-electron chi connectivity index (χ2n) is 6.75. The molecule has 2 heterocycles. The van der Waals surface area contributed by atoms with Gasteiger partial charge in [0.1, 0.15) is 11.9 Å². The molecule has 2 aromatic rings. The molecule has 5 nitrogen and oxygen atoms in total. The van der Waals surface area contributed by atoms with Crippen molar-refractivity contribution in [3.63, 3.8) is 0 Å². The van der Waals surface area contributed by atoms with Crippen LogP contribution in [-0.4, -0.2) is 34.3 Å². The summed E-state index contributed by atoms with van der Waals surface area (Å²) in [5, 5.41) is 2.86. The summed E-state index contributed by atoms with van der Waals surface area (Å²) in [6.45, 7) is 0.688. The number of nitrogens with zero attached hydrogens (tertiary/aromatic N) is 2. The van der Waals surface area contributed by atoms with Crippen molar-refractivity contribution >= 4 is 17.6 Å². The van der Waals surface area contributed by atoms with E-state index in [4.69, 9.17) is 0 Å². The van der Waals surface area contributed by atoms with Crippen LogP contribution in [0.5, 0.6) is 0 Å². The number of nitrogens with one attached hydrogen (secondary N) is 1. The third-order valence-electron chi connectivity index (χ3n) is 4.89. The lowest BCUT2D eigenvalue weighted by molar-refractivity contribution is -0.137. The Hall–Kier alpha value is -2.69. The monoisotopic (exact) mass is 335 g/mol. The first-order chi connectivity index (χ1) is 12.2. The predicted octanol–water partition coefficient (Wildman–Crippen LogP) is 3.09. The number of likely N-dealkylation sites (tertiary alicyclic amines) is 1. The second-order valence-corrected chi connectivity index (χ2v) is 6.75. The minimum Gasteiger partial charge on any atom is -0.330 e. The van der Waals surface area contributed by atoms with Crippen LogP contribution in [0.2, 0.25) is 0 Å². The fourth-order valence-corrected chi connectivity index (χ4v) is 3.35. The zero-order chi connectivity index (χ0) is 17.2. The number of anilines is 1. The molecule has 0 bridgehead atoms. The summed E-state index contributed by atoms with van der Waals surface area (Å²) < 4.78 is 0. The van der Waals surface area contributed by atoms with Gasteiger partial charge in [-0.2, -0.15) is 0 Å². The molecule has 1 saturated heterocycles. The molecule has 1 saturated carbocycles. The topological polar surface area (TPSA) is 62.3 Å². The van der Waals surface area contributed by atoms with Gasteiger partial charge in [-0.1, -0.05) is 30.3 Å². The Balaban J connectivity index is 1.43. The molecular formula is C20H21N3O2. The molecule has 0 spiro atoms. The highest BCUT2D eigenvalue weighted by atomic mass is 16.2. The third kappa shape index (κ3) is 3.40. The second kappa shape index (κ2) is 6.67. The fraction of sp³-hybridized carbons (Fsp3) is 0.350. The summed E-state index contributed by atoms with van der Waals surface area (Å²) in [6.07, 6.45) is 5.30. The van der Waals surface area contributed by atoms with Crippen LogP contribution >= 0.6 is 0 Å². The number of aromatic nitrogens is 1. The maximum atomic E-state index is 12.6. The Bertz CT molecular complexity index is 769. The smallest absolute Gasteiger partial charge is 0.248 e. The number of rotatable bonds is 4. The fourth-order valence-electron chi connectivity index (χ4n) is 3.35. The predicted molar refractivity (Wildman–Crippen MR) is 95.8 cm³/mol. The van der Waals surface area contributed by atoms with E-state index in [-0.39, 0.29) is 23.8 Å². The van der Waals surface area contributed by atoms with Crippen molar-refractivity contribution < 1.29 is 9.59 Å². The van der Waals surface area contributed by atoms with Crippen LogP contribution in [0, 0.1) is 5.92 Å². The molecule has 1 N–H and O–H groups in total. The van der Waals surface area contributed by atoms with E-state index in [0.29, 0.717) is 12.4 Å². The number of carbonyl (C=O) groups excluding carboxylic acids is 2. The lowest BCUT2D eigenvalue weighted by Gasteiger charge is -2.23. The number of carbonyl (C=O) groups is 2. The van der Waals surface area contributed by atoms with Crippen molar-refractivity contribution in [2.75, 3.05) is 11.9 Å². The average molecular weight is 335 g/mol. The third-order valence-corrected chi connectivity index (χ3v) is 4.89. The molecule has 5 heteroatoms. The summed E-state index contributed by atoms with van der Waals surface area (Å²) in [7, 11) is 0. The van der Waals surface area contributed by atoms with E-state index in [1.165, 1.54) is 0 Å². The normalized spacial score (nSPS) is 19.7. The van der Waals surface area contributed by atoms with E-state index in [9.17, 15) is 9.59 Å². The number of hydrogen-bond acceptors (Lipinski definition) is 3. The van der Waals surface area contributed by atoms with Crippen molar-refractivity contribution in [3.05, 3.63) is 48.7 Å². The van der Waals surface area contributed by atoms with Gasteiger partial charge in [-0.15, -0.1) is 0 Å². The highest BCUT2D eigenvalue weighted by molar-refractivity contribution is 5.97. The first-order valence-corrected chi connectivity index (χ1v) is 8.85. The molecule has 1 aromatic heterocycles. The van der Waals surface area contributed by atoms with Crippen LogP contribution < -0.4 is 5.32 Å². The minimum absolute atomic E-state index is 0.133. The van der Waals surface area contributed by atoms with Crippen molar-refractivity contribution in [2.24, 2.45) is 5.92 Å². The molecule has 1 aromatic carbocycles. The zero-order valence-electron chi connectivity index (χ0n) is 14.0. The molecule has 0 radical (unpaired) electrons. The van der Waals surface area contributed by atoms with Gasteiger partial charge in [-0.3, -0.25) is 9.59 Å². The number of hydrogen-bond donors (Lipinski definition) is 1. The Morgan fingerprint density at radius 2 is 1.80 bits per heavy atom. The molecule has 0 unspecified atom stereocenters. The standard InChI is InChI=1S/C20H21N3O2/c24-19(17-7-4-12-23(17)20(25)15-8-9-15)22-18-11-10-16(13-21-18)14-5-2-1-3-6-14/h1-3,5-6,10-11,13,15,17H,4,7-9,12H2,(H,21,22,24)/t17-/m1/s1. The van der Waals surface area contributed by atoms with E-state index in [1.54, 1.807) is 11.1 Å². The van der Waals surface area contributed by atoms with Gasteiger partial charge in [0.05, 0.1) is 0 Å². The molecule has 1 atom stereocenters. The highest BCUT2D eigenvalue weighted by Crippen LogP contribution is 2.33. The van der Waals surface area contributed by atoms with E-state index in [1.807, 2.05) is 42.5 Å². The SMILES string of the molecule is O=C(Nc1ccc(-c2ccccc2)cn1)[C@H]1CCCN1C(=O)C1CC1. The Labute approximate surface area is 147 Å². The highest BCUT2D eigenvalue weighted by Gasteiger charge is 2.40. The van der Waals surface area contributed by atoms with Gasteiger partial charge in [-0.05, 0) is 43.4 Å². The van der Waals surface area contributed by atoms with Crippen LogP contribution in [0.1, 0.15) is 25.7 Å². The van der Waals surface area contributed by atoms with E-state index < -0.39 is 0 Å². The van der Waals surface area contributed by atoms with Crippen LogP contribution in [0.25, 0.3) is 11.1 Å². The molecule has 2 amide bonds. The van der Waals surface area contributed by atoms with Gasteiger partial charge in [0, 0.05) is 24.2 Å². The van der Waals surface area contributed by atoms with Gasteiger partial charge in [0.25, 0.3) is 0 Å². The van der Waals surface area contributed by atoms with Crippen LogP contribution in [0.15, 0.2) is 48.7 Å². The summed E-state index contributed by atoms with van der Waals surface area (Å²) in [5.74, 6) is 0.684. The molecule has 2 fully saturated rings. The molecular weight excluding hydrogens is 314 g/mol. The molecule has 2 aliphatic rings. The summed E-state index contributed by atoms with van der Waals surface area (Å²) in [5.41, 5.74) is 2.09. The van der Waals surface area contributed by atoms with Crippen molar-refractivity contribution in [1.82, 2.24) is 9.88 Å². The summed E-state index contributed by atoms with van der Waals surface area (Å²) in [4.78, 5) is 31.0. The largest absolute Gasteiger partial charge is 0.330 e. The Morgan fingerprint density at radius 3 is 2.48 bits per heavy atom. The summed E-state index contributed by atoms with van der Waals surface area (Å²) in [6, 6.07) is 13.4. The minimum atomic E-state index is -0.358. The van der Waals surface area contributed by atoms with E-state index in [0.717, 1.165) is 36.8 Å². The maximum Gasteiger partial charge on any atom is 0.248 e. The lowest BCUT2D eigenvalue weighted by Crippen LogP contribution is -2.43. The average Bonchev–Trinajstić information content (AvgIpc) is 3.38. The van der Waals surface area contributed by atoms with Gasteiger partial charge < -0.3 is 10.2 Å². The molecule has 1 aliphatic carbocycles. The van der Waals surface area contributed by atoms with Gasteiger partial charge in [0.15, 0.2) is 0 Å². The molecule has 1 aliphatic heterocycles. The lowest BCUT2D eigenvalue weighted by atomic mass is 10.1. The van der Waals surface area contributed by atoms with Crippen LogP contribution in [0.3, 0.4) is 0 Å². The van der Waals surface area contributed by atoms with Crippen molar-refractivity contribution in [2.45, 2.75) is 31.7 Å². The van der Waals surface area contributed by atoms with Gasteiger partial charge >= 0.3 is 0 Å². The molecule has 128 valence electrons. The Morgan fingerprint density at radius 1 is 1.00 bits per heavy atom. The Kier molecular flexibility index (Phi) is 4.22. The van der Waals surface area contributed by atoms with Gasteiger partial charge in [-0.25, -0.2) is 4.98 Å². The quantitative estimate of drug-likeness (QED) is 0.934. The number of amides is 2. The van der Waals surface area contributed by atoms with Crippen LogP contribution in [0.4, 0.5) is 5.82 Å². The number of benzene rings is 1. The maximum absolute atomic E-state index is 12.6. The molecule has 4 rings (SSSR count). The zero-order valence-corrected chi connectivity index (χ0v) is 14.0. The first kappa shape index (κ1) is 15.8. The van der Waals surface area contributed by atoms with E-state index >= 15 is 0 Å². The summed E-state index contributed by atoms with van der Waals surface area (Å²) >= 11 is 0. The van der Waals surface area contributed by atoms with Crippen molar-refractivity contribution in [3.8, 4) is 11.1 Å². The van der Waals surface area contributed by atoms with Crippen molar-refractivity contribution in [1.29, 1.82) is 0 Å². The first-order valence-electron chi connectivity index (χ1n) is 8.85. The number of pyridine rings is 1. The van der Waals surface area contributed by atoms with E-state index in [2.05, 4.69) is 10.3 Å². The molecule has 25 heavy (non-hydrogen) atoms.